The Bertz CT molecular complexity index is 141. The van der Waals surface area contributed by atoms with Crippen molar-refractivity contribution in [3.63, 3.8) is 0 Å². The lowest BCUT2D eigenvalue weighted by atomic mass is 10.1. The zero-order valence-corrected chi connectivity index (χ0v) is 8.79. The molecule has 1 saturated heterocycles. The summed E-state index contributed by atoms with van der Waals surface area (Å²) in [6.07, 6.45) is 2.36. The molecule has 0 aliphatic carbocycles. The Hall–Kier alpha value is -0.120. The van der Waals surface area contributed by atoms with Crippen molar-refractivity contribution in [2.75, 3.05) is 26.2 Å². The van der Waals surface area contributed by atoms with E-state index < -0.39 is 0 Å². The number of aliphatic hydroxyl groups excluding tert-OH is 1. The van der Waals surface area contributed by atoms with Gasteiger partial charge in [-0.2, -0.15) is 0 Å². The summed E-state index contributed by atoms with van der Waals surface area (Å²) >= 11 is 0. The lowest BCUT2D eigenvalue weighted by Crippen LogP contribution is -2.46. The third-order valence-electron chi connectivity index (χ3n) is 2.99. The zero-order chi connectivity index (χ0) is 9.68. The van der Waals surface area contributed by atoms with Crippen LogP contribution >= 0.6 is 0 Å². The van der Waals surface area contributed by atoms with Crippen molar-refractivity contribution in [3.8, 4) is 0 Å². The Kier molecular flexibility index (Phi) is 4.70. The van der Waals surface area contributed by atoms with Crippen LogP contribution in [0.2, 0.25) is 0 Å². The first-order valence-electron chi connectivity index (χ1n) is 5.37. The van der Waals surface area contributed by atoms with Crippen LogP contribution in [0.1, 0.15) is 26.7 Å². The maximum atomic E-state index is 9.25. The van der Waals surface area contributed by atoms with Crippen LogP contribution < -0.4 is 5.32 Å². The van der Waals surface area contributed by atoms with Crippen LogP contribution in [0.5, 0.6) is 0 Å². The smallest absolute Gasteiger partial charge is 0.0599 e. The number of aliphatic hydroxyl groups is 1. The predicted molar refractivity (Wildman–Crippen MR) is 54.8 cm³/mol. The zero-order valence-electron chi connectivity index (χ0n) is 8.79. The van der Waals surface area contributed by atoms with Gasteiger partial charge in [0.1, 0.15) is 0 Å². The number of hydrogen-bond acceptors (Lipinski definition) is 3. The lowest BCUT2D eigenvalue weighted by Gasteiger charge is -2.33. The molecule has 2 unspecified atom stereocenters. The summed E-state index contributed by atoms with van der Waals surface area (Å²) in [6, 6.07) is 0.912. The minimum atomic E-state index is 0.275. The van der Waals surface area contributed by atoms with Crippen LogP contribution in [-0.4, -0.2) is 48.3 Å². The molecule has 1 aliphatic rings. The number of nitrogens with one attached hydrogen (secondary N) is 1. The van der Waals surface area contributed by atoms with Crippen molar-refractivity contribution < 1.29 is 5.11 Å². The second kappa shape index (κ2) is 5.58. The lowest BCUT2D eigenvalue weighted by molar-refractivity contribution is 0.0963. The molecule has 1 rings (SSSR count). The summed E-state index contributed by atoms with van der Waals surface area (Å²) < 4.78 is 0. The summed E-state index contributed by atoms with van der Waals surface area (Å²) in [5.74, 6) is 0. The largest absolute Gasteiger partial charge is 0.395 e. The van der Waals surface area contributed by atoms with Crippen molar-refractivity contribution in [2.24, 2.45) is 0 Å². The third kappa shape index (κ3) is 2.93. The van der Waals surface area contributed by atoms with E-state index in [1.54, 1.807) is 0 Å². The molecule has 78 valence electrons. The normalized spacial score (nSPS) is 28.4. The molecular formula is C10H22N2O. The predicted octanol–water partition coefficient (Wildman–Crippen LogP) is 0.441. The van der Waals surface area contributed by atoms with Crippen LogP contribution in [0, 0.1) is 0 Å². The SMILES string of the molecule is CCC(C)N1CCCNCC1CO. The Morgan fingerprint density at radius 3 is 3.00 bits per heavy atom. The van der Waals surface area contributed by atoms with Gasteiger partial charge >= 0.3 is 0 Å². The molecule has 0 amide bonds. The maximum absolute atomic E-state index is 9.25. The fraction of sp³-hybridized carbons (Fsp3) is 1.00. The van der Waals surface area contributed by atoms with Crippen LogP contribution in [0.15, 0.2) is 0 Å². The van der Waals surface area contributed by atoms with E-state index in [1.165, 1.54) is 6.42 Å². The molecule has 0 radical (unpaired) electrons. The van der Waals surface area contributed by atoms with E-state index in [0.717, 1.165) is 26.1 Å². The molecule has 1 aliphatic heterocycles. The van der Waals surface area contributed by atoms with E-state index in [-0.39, 0.29) is 6.61 Å². The molecule has 0 aromatic heterocycles. The molecule has 0 saturated carbocycles. The van der Waals surface area contributed by atoms with Gasteiger partial charge in [-0.3, -0.25) is 4.90 Å². The number of rotatable bonds is 3. The van der Waals surface area contributed by atoms with Gasteiger partial charge in [0.15, 0.2) is 0 Å². The molecule has 3 heteroatoms. The highest BCUT2D eigenvalue weighted by atomic mass is 16.3. The van der Waals surface area contributed by atoms with Crippen LogP contribution in [0.3, 0.4) is 0 Å². The van der Waals surface area contributed by atoms with Crippen LogP contribution in [0.4, 0.5) is 0 Å². The van der Waals surface area contributed by atoms with Gasteiger partial charge < -0.3 is 10.4 Å². The molecular weight excluding hydrogens is 164 g/mol. The van der Waals surface area contributed by atoms with Gasteiger partial charge in [0, 0.05) is 25.2 Å². The van der Waals surface area contributed by atoms with E-state index in [2.05, 4.69) is 24.1 Å². The second-order valence-electron chi connectivity index (χ2n) is 3.89. The first-order chi connectivity index (χ1) is 6.29. The highest BCUT2D eigenvalue weighted by molar-refractivity contribution is 4.80. The van der Waals surface area contributed by atoms with E-state index in [9.17, 15) is 5.11 Å². The highest BCUT2D eigenvalue weighted by Gasteiger charge is 2.23. The maximum Gasteiger partial charge on any atom is 0.0599 e. The van der Waals surface area contributed by atoms with Gasteiger partial charge in [-0.15, -0.1) is 0 Å². The van der Waals surface area contributed by atoms with Crippen molar-refractivity contribution in [2.45, 2.75) is 38.8 Å². The monoisotopic (exact) mass is 186 g/mol. The molecule has 3 nitrogen and oxygen atoms in total. The van der Waals surface area contributed by atoms with Gasteiger partial charge in [0.05, 0.1) is 6.61 Å². The first-order valence-corrected chi connectivity index (χ1v) is 5.37. The first kappa shape index (κ1) is 11.0. The molecule has 2 atom stereocenters. The average Bonchev–Trinajstić information content (AvgIpc) is 2.41. The van der Waals surface area contributed by atoms with Crippen molar-refractivity contribution in [1.29, 1.82) is 0 Å². The molecule has 0 spiro atoms. The molecule has 13 heavy (non-hydrogen) atoms. The van der Waals surface area contributed by atoms with Crippen LogP contribution in [-0.2, 0) is 0 Å². The second-order valence-corrected chi connectivity index (χ2v) is 3.89. The van der Waals surface area contributed by atoms with Crippen molar-refractivity contribution in [1.82, 2.24) is 10.2 Å². The summed E-state index contributed by atoms with van der Waals surface area (Å²) in [4.78, 5) is 2.43. The molecule has 2 N–H and O–H groups in total. The minimum absolute atomic E-state index is 0.275. The van der Waals surface area contributed by atoms with Crippen LogP contribution in [0.25, 0.3) is 0 Å². The Balaban J connectivity index is 2.53. The highest BCUT2D eigenvalue weighted by Crippen LogP contribution is 2.11. The third-order valence-corrected chi connectivity index (χ3v) is 2.99. The summed E-state index contributed by atoms with van der Waals surface area (Å²) in [5, 5.41) is 12.6. The Morgan fingerprint density at radius 2 is 2.38 bits per heavy atom. The van der Waals surface area contributed by atoms with E-state index >= 15 is 0 Å². The Morgan fingerprint density at radius 1 is 1.62 bits per heavy atom. The van der Waals surface area contributed by atoms with E-state index in [1.807, 2.05) is 0 Å². The van der Waals surface area contributed by atoms with Gasteiger partial charge in [-0.25, -0.2) is 0 Å². The molecule has 0 bridgehead atoms. The summed E-state index contributed by atoms with van der Waals surface area (Å²) in [7, 11) is 0. The number of hydrogen-bond donors (Lipinski definition) is 2. The summed E-state index contributed by atoms with van der Waals surface area (Å²) in [6.45, 7) is 7.86. The molecule has 0 aromatic rings. The molecule has 1 heterocycles. The van der Waals surface area contributed by atoms with Gasteiger partial charge in [0.2, 0.25) is 0 Å². The fourth-order valence-electron chi connectivity index (χ4n) is 1.94. The number of nitrogens with zero attached hydrogens (tertiary/aromatic N) is 1. The average molecular weight is 186 g/mol. The minimum Gasteiger partial charge on any atom is -0.395 e. The van der Waals surface area contributed by atoms with E-state index in [0.29, 0.717) is 12.1 Å². The summed E-state index contributed by atoms with van der Waals surface area (Å²) in [5.41, 5.74) is 0. The topological polar surface area (TPSA) is 35.5 Å². The molecule has 1 fully saturated rings. The van der Waals surface area contributed by atoms with Gasteiger partial charge in [-0.05, 0) is 26.3 Å². The fourth-order valence-corrected chi connectivity index (χ4v) is 1.94. The quantitative estimate of drug-likeness (QED) is 0.671. The van der Waals surface area contributed by atoms with Gasteiger partial charge in [-0.1, -0.05) is 6.92 Å². The van der Waals surface area contributed by atoms with Crippen molar-refractivity contribution >= 4 is 0 Å². The van der Waals surface area contributed by atoms with Gasteiger partial charge in [0.25, 0.3) is 0 Å². The van der Waals surface area contributed by atoms with E-state index in [4.69, 9.17) is 0 Å². The standard InChI is InChI=1S/C10H22N2O/c1-3-9(2)12-6-4-5-11-7-10(12)8-13/h9-11,13H,3-8H2,1-2H3. The Labute approximate surface area is 81.1 Å². The van der Waals surface area contributed by atoms with Crippen molar-refractivity contribution in [3.05, 3.63) is 0 Å². The molecule has 0 aromatic carbocycles.